The molecular formula is C18H22N4O3S. The van der Waals surface area contributed by atoms with Gasteiger partial charge in [0.2, 0.25) is 0 Å². The third-order valence-electron chi connectivity index (χ3n) is 4.11. The second kappa shape index (κ2) is 7.84. The van der Waals surface area contributed by atoms with Crippen molar-refractivity contribution in [3.05, 3.63) is 40.5 Å². The van der Waals surface area contributed by atoms with E-state index in [9.17, 15) is 4.79 Å². The zero-order valence-electron chi connectivity index (χ0n) is 15.4. The lowest BCUT2D eigenvalue weighted by atomic mass is 10.3. The molecule has 0 saturated carbocycles. The molecule has 1 amide bonds. The van der Waals surface area contributed by atoms with Gasteiger partial charge in [-0.15, -0.1) is 0 Å². The molecule has 0 atom stereocenters. The molecule has 7 nitrogen and oxygen atoms in total. The van der Waals surface area contributed by atoms with Crippen LogP contribution in [0.2, 0.25) is 0 Å². The lowest BCUT2D eigenvalue weighted by Crippen LogP contribution is -2.19. The molecule has 0 N–H and O–H groups in total. The molecule has 3 rings (SSSR count). The van der Waals surface area contributed by atoms with Crippen molar-refractivity contribution in [1.29, 1.82) is 0 Å². The van der Waals surface area contributed by atoms with Crippen molar-refractivity contribution in [2.75, 3.05) is 20.8 Å². The minimum Gasteiger partial charge on any atom is -0.497 e. The fourth-order valence-electron chi connectivity index (χ4n) is 2.74. The first-order chi connectivity index (χ1) is 12.6. The van der Waals surface area contributed by atoms with Gasteiger partial charge in [-0.1, -0.05) is 11.3 Å². The quantitative estimate of drug-likeness (QED) is 0.665. The predicted octanol–water partition coefficient (Wildman–Crippen LogP) is 2.62. The molecule has 2 aromatic heterocycles. The Balaban J connectivity index is 2.08. The van der Waals surface area contributed by atoms with Crippen molar-refractivity contribution in [3.63, 3.8) is 0 Å². The highest BCUT2D eigenvalue weighted by Crippen LogP contribution is 2.23. The van der Waals surface area contributed by atoms with E-state index >= 15 is 0 Å². The molecule has 0 spiro atoms. The smallest absolute Gasteiger partial charge is 0.300 e. The van der Waals surface area contributed by atoms with Crippen molar-refractivity contribution < 1.29 is 14.3 Å². The van der Waals surface area contributed by atoms with Crippen LogP contribution in [0.3, 0.4) is 0 Å². The molecule has 0 saturated heterocycles. The van der Waals surface area contributed by atoms with Gasteiger partial charge >= 0.3 is 0 Å². The molecule has 0 bridgehead atoms. The van der Waals surface area contributed by atoms with Crippen LogP contribution < -0.4 is 9.54 Å². The summed E-state index contributed by atoms with van der Waals surface area (Å²) >= 11 is 1.45. The Labute approximate surface area is 155 Å². The van der Waals surface area contributed by atoms with Gasteiger partial charge in [-0.25, -0.2) is 0 Å². The Kier molecular flexibility index (Phi) is 5.53. The summed E-state index contributed by atoms with van der Waals surface area (Å²) in [6, 6.07) is 7.59. The van der Waals surface area contributed by atoms with Crippen LogP contribution in [-0.2, 0) is 17.8 Å². The first-order valence-corrected chi connectivity index (χ1v) is 9.18. The molecule has 2 heterocycles. The third kappa shape index (κ3) is 3.56. The summed E-state index contributed by atoms with van der Waals surface area (Å²) < 4.78 is 15.3. The van der Waals surface area contributed by atoms with Gasteiger partial charge in [0.15, 0.2) is 10.5 Å². The maximum absolute atomic E-state index is 12.6. The van der Waals surface area contributed by atoms with Crippen molar-refractivity contribution in [3.8, 4) is 5.75 Å². The van der Waals surface area contributed by atoms with Crippen LogP contribution in [0, 0.1) is 6.92 Å². The number of nitrogens with zero attached hydrogens (tertiary/aromatic N) is 4. The Morgan fingerprint density at radius 1 is 1.31 bits per heavy atom. The second-order valence-corrected chi connectivity index (χ2v) is 6.78. The van der Waals surface area contributed by atoms with Gasteiger partial charge in [0.1, 0.15) is 5.75 Å². The summed E-state index contributed by atoms with van der Waals surface area (Å²) in [4.78, 5) is 17.6. The van der Waals surface area contributed by atoms with E-state index in [0.29, 0.717) is 23.6 Å². The number of hydrogen-bond donors (Lipinski definition) is 0. The summed E-state index contributed by atoms with van der Waals surface area (Å²) in [6.45, 7) is 5.77. The summed E-state index contributed by atoms with van der Waals surface area (Å²) in [5.74, 6) is 0.429. The largest absolute Gasteiger partial charge is 0.497 e. The van der Waals surface area contributed by atoms with Crippen LogP contribution in [0.5, 0.6) is 5.75 Å². The average molecular weight is 374 g/mol. The van der Waals surface area contributed by atoms with E-state index in [-0.39, 0.29) is 5.91 Å². The molecule has 0 unspecified atom stereocenters. The number of benzene rings is 1. The van der Waals surface area contributed by atoms with Gasteiger partial charge in [-0.05, 0) is 38.1 Å². The summed E-state index contributed by atoms with van der Waals surface area (Å²) in [5.41, 5.74) is 2.30. The number of aryl methyl sites for hydroxylation is 2. The molecule has 8 heteroatoms. The number of carbonyl (C=O) groups excluding carboxylic acids is 1. The van der Waals surface area contributed by atoms with Crippen molar-refractivity contribution in [2.45, 2.75) is 26.9 Å². The number of aromatic nitrogens is 3. The first-order valence-electron chi connectivity index (χ1n) is 8.37. The van der Waals surface area contributed by atoms with Crippen LogP contribution in [0.15, 0.2) is 29.3 Å². The number of amides is 1. The zero-order valence-corrected chi connectivity index (χ0v) is 16.2. The normalized spacial score (nSPS) is 12.1. The topological polar surface area (TPSA) is 70.6 Å². The SMILES string of the molecule is CCn1nc(C(=O)N=c2sc3cc(OC)ccc3n2CCOC)cc1C. The third-order valence-corrected chi connectivity index (χ3v) is 5.15. The maximum atomic E-state index is 12.6. The summed E-state index contributed by atoms with van der Waals surface area (Å²) in [7, 11) is 3.29. The summed E-state index contributed by atoms with van der Waals surface area (Å²) in [5, 5.41) is 4.32. The van der Waals surface area contributed by atoms with E-state index in [1.807, 2.05) is 36.6 Å². The minimum absolute atomic E-state index is 0.343. The molecule has 0 aliphatic rings. The fraction of sp³-hybridized carbons (Fsp3) is 0.389. The zero-order chi connectivity index (χ0) is 18.7. The van der Waals surface area contributed by atoms with Crippen molar-refractivity contribution >= 4 is 27.5 Å². The molecule has 3 aromatic rings. The number of thiazole rings is 1. The van der Waals surface area contributed by atoms with Crippen LogP contribution in [-0.4, -0.2) is 41.1 Å². The molecule has 0 aliphatic heterocycles. The van der Waals surface area contributed by atoms with Crippen molar-refractivity contribution in [1.82, 2.24) is 14.3 Å². The number of carbonyl (C=O) groups is 1. The van der Waals surface area contributed by atoms with E-state index in [1.54, 1.807) is 25.0 Å². The monoisotopic (exact) mass is 374 g/mol. The van der Waals surface area contributed by atoms with Gasteiger partial charge in [0.05, 0.1) is 23.9 Å². The average Bonchev–Trinajstić information content (AvgIpc) is 3.19. The molecule has 26 heavy (non-hydrogen) atoms. The predicted molar refractivity (Wildman–Crippen MR) is 101 cm³/mol. The standard InChI is InChI=1S/C18H22N4O3S/c1-5-22-12(2)10-14(20-22)17(23)19-18-21(8-9-24-3)15-7-6-13(25-4)11-16(15)26-18/h6-7,10-11H,5,8-9H2,1-4H3. The minimum atomic E-state index is -0.343. The highest BCUT2D eigenvalue weighted by atomic mass is 32.1. The van der Waals surface area contributed by atoms with Crippen molar-refractivity contribution in [2.24, 2.45) is 4.99 Å². The Morgan fingerprint density at radius 3 is 2.77 bits per heavy atom. The van der Waals surface area contributed by atoms with Crippen LogP contribution in [0.25, 0.3) is 10.2 Å². The van der Waals surface area contributed by atoms with Gasteiger partial charge < -0.3 is 14.0 Å². The van der Waals surface area contributed by atoms with Gasteiger partial charge in [-0.3, -0.25) is 9.48 Å². The Bertz CT molecular complexity index is 1000. The number of rotatable bonds is 6. The first kappa shape index (κ1) is 18.3. The molecule has 0 fully saturated rings. The van der Waals surface area contributed by atoms with E-state index < -0.39 is 0 Å². The Hall–Kier alpha value is -2.45. The maximum Gasteiger partial charge on any atom is 0.300 e. The number of fused-ring (bicyclic) bond motifs is 1. The molecule has 0 aliphatic carbocycles. The summed E-state index contributed by atoms with van der Waals surface area (Å²) in [6.07, 6.45) is 0. The van der Waals surface area contributed by atoms with Gasteiger partial charge in [-0.2, -0.15) is 10.1 Å². The lowest BCUT2D eigenvalue weighted by Gasteiger charge is -2.04. The highest BCUT2D eigenvalue weighted by Gasteiger charge is 2.13. The van der Waals surface area contributed by atoms with Gasteiger partial charge in [0.25, 0.3) is 5.91 Å². The lowest BCUT2D eigenvalue weighted by molar-refractivity contribution is 0.0992. The van der Waals surface area contributed by atoms with Crippen LogP contribution >= 0.6 is 11.3 Å². The molecule has 1 aromatic carbocycles. The molecule has 138 valence electrons. The van der Waals surface area contributed by atoms with Crippen LogP contribution in [0.4, 0.5) is 0 Å². The fourth-order valence-corrected chi connectivity index (χ4v) is 3.83. The van der Waals surface area contributed by atoms with E-state index in [0.717, 1.165) is 28.2 Å². The second-order valence-electron chi connectivity index (χ2n) is 5.77. The van der Waals surface area contributed by atoms with E-state index in [1.165, 1.54) is 11.3 Å². The van der Waals surface area contributed by atoms with Gasteiger partial charge in [0, 0.05) is 25.9 Å². The number of hydrogen-bond acceptors (Lipinski definition) is 5. The van der Waals surface area contributed by atoms with E-state index in [4.69, 9.17) is 9.47 Å². The highest BCUT2D eigenvalue weighted by molar-refractivity contribution is 7.16. The number of methoxy groups -OCH3 is 2. The van der Waals surface area contributed by atoms with E-state index in [2.05, 4.69) is 10.1 Å². The molecule has 0 radical (unpaired) electrons. The number of ether oxygens (including phenoxy) is 2. The Morgan fingerprint density at radius 2 is 2.12 bits per heavy atom. The van der Waals surface area contributed by atoms with Crippen LogP contribution in [0.1, 0.15) is 23.1 Å². The molecular weight excluding hydrogens is 352 g/mol.